The molecule has 3 nitrogen and oxygen atoms in total. The van der Waals surface area contributed by atoms with E-state index in [0.717, 1.165) is 27.7 Å². The Morgan fingerprint density at radius 3 is 2.56 bits per heavy atom. The lowest BCUT2D eigenvalue weighted by Gasteiger charge is -2.17. The minimum absolute atomic E-state index is 0.0684. The van der Waals surface area contributed by atoms with Gasteiger partial charge in [-0.05, 0) is 38.5 Å². The molecule has 0 radical (unpaired) electrons. The fraction of sp³-hybridized carbons (Fsp3) is 0.286. The van der Waals surface area contributed by atoms with Gasteiger partial charge in [0.1, 0.15) is 0 Å². The lowest BCUT2D eigenvalue weighted by Crippen LogP contribution is -2.11. The maximum Gasteiger partial charge on any atom is 0.0835 e. The molecule has 4 heteroatoms. The van der Waals surface area contributed by atoms with E-state index in [2.05, 4.69) is 15.3 Å². The summed E-state index contributed by atoms with van der Waals surface area (Å²) < 4.78 is 0. The molecular weight excluding hydrogens is 246 g/mol. The molecule has 0 aliphatic rings. The highest BCUT2D eigenvalue weighted by molar-refractivity contribution is 6.33. The van der Waals surface area contributed by atoms with Crippen LogP contribution in [0.25, 0.3) is 0 Å². The predicted molar refractivity (Wildman–Crippen MR) is 75.0 cm³/mol. The first-order valence-corrected chi connectivity index (χ1v) is 6.26. The van der Waals surface area contributed by atoms with Gasteiger partial charge in [0.05, 0.1) is 28.1 Å². The topological polar surface area (TPSA) is 37.8 Å². The Morgan fingerprint density at radius 2 is 1.89 bits per heavy atom. The largest absolute Gasteiger partial charge is 0.376 e. The Bertz CT molecular complexity index is 554. The summed E-state index contributed by atoms with van der Waals surface area (Å²) in [5, 5.41) is 4.09. The summed E-state index contributed by atoms with van der Waals surface area (Å²) in [7, 11) is 0. The summed E-state index contributed by atoms with van der Waals surface area (Å²) in [6.45, 7) is 6.02. The van der Waals surface area contributed by atoms with E-state index in [1.807, 2.05) is 39.0 Å². The van der Waals surface area contributed by atoms with E-state index in [1.54, 1.807) is 12.4 Å². The van der Waals surface area contributed by atoms with Gasteiger partial charge in [0.2, 0.25) is 0 Å². The average Bonchev–Trinajstić information content (AvgIpc) is 2.33. The average molecular weight is 262 g/mol. The number of hydrogen-bond acceptors (Lipinski definition) is 3. The first-order chi connectivity index (χ1) is 8.58. The number of nitrogens with zero attached hydrogens (tertiary/aromatic N) is 2. The van der Waals surface area contributed by atoms with E-state index >= 15 is 0 Å². The Balaban J connectivity index is 2.21. The first-order valence-electron chi connectivity index (χ1n) is 5.88. The summed E-state index contributed by atoms with van der Waals surface area (Å²) in [5.41, 5.74) is 3.93. The Kier molecular flexibility index (Phi) is 3.82. The van der Waals surface area contributed by atoms with Gasteiger partial charge in [-0.2, -0.15) is 0 Å². The van der Waals surface area contributed by atoms with E-state index in [4.69, 9.17) is 11.6 Å². The van der Waals surface area contributed by atoms with E-state index < -0.39 is 0 Å². The maximum atomic E-state index is 6.20. The second kappa shape index (κ2) is 5.36. The van der Waals surface area contributed by atoms with Gasteiger partial charge < -0.3 is 5.32 Å². The van der Waals surface area contributed by atoms with E-state index in [9.17, 15) is 0 Å². The van der Waals surface area contributed by atoms with Crippen LogP contribution >= 0.6 is 11.6 Å². The molecule has 0 aliphatic heterocycles. The monoisotopic (exact) mass is 261 g/mol. The second-order valence-corrected chi connectivity index (χ2v) is 4.78. The van der Waals surface area contributed by atoms with Crippen molar-refractivity contribution in [3.05, 3.63) is 52.6 Å². The van der Waals surface area contributed by atoms with Crippen LogP contribution in [0.4, 0.5) is 5.69 Å². The van der Waals surface area contributed by atoms with E-state index in [1.165, 1.54) is 0 Å². The fourth-order valence-corrected chi connectivity index (χ4v) is 2.17. The van der Waals surface area contributed by atoms with Gasteiger partial charge in [0.25, 0.3) is 0 Å². The molecule has 1 N–H and O–H groups in total. The first kappa shape index (κ1) is 12.8. The third-order valence-corrected chi connectivity index (χ3v) is 3.14. The van der Waals surface area contributed by atoms with Gasteiger partial charge in [-0.1, -0.05) is 17.7 Å². The molecule has 0 aliphatic carbocycles. The zero-order valence-electron chi connectivity index (χ0n) is 10.7. The molecule has 2 aromatic rings. The van der Waals surface area contributed by atoms with Gasteiger partial charge in [0.15, 0.2) is 0 Å². The maximum absolute atomic E-state index is 6.20. The predicted octanol–water partition coefficient (Wildman–Crippen LogP) is 3.92. The molecule has 0 saturated heterocycles. The smallest absolute Gasteiger partial charge is 0.0835 e. The third kappa shape index (κ3) is 2.79. The Morgan fingerprint density at radius 1 is 1.17 bits per heavy atom. The zero-order chi connectivity index (χ0) is 13.1. The van der Waals surface area contributed by atoms with Gasteiger partial charge in [-0.25, -0.2) is 0 Å². The van der Waals surface area contributed by atoms with Crippen molar-refractivity contribution in [1.29, 1.82) is 0 Å². The molecule has 1 aromatic carbocycles. The van der Waals surface area contributed by atoms with E-state index in [-0.39, 0.29) is 6.04 Å². The molecule has 1 aromatic heterocycles. The molecular formula is C14H16ClN3. The van der Waals surface area contributed by atoms with Crippen molar-refractivity contribution in [2.45, 2.75) is 26.8 Å². The SMILES string of the molecule is Cc1ccc(NC(C)c2nccnc2C)c(Cl)c1. The molecule has 0 amide bonds. The number of rotatable bonds is 3. The number of anilines is 1. The van der Waals surface area contributed by atoms with Crippen LogP contribution in [0, 0.1) is 13.8 Å². The van der Waals surface area contributed by atoms with Gasteiger partial charge in [0, 0.05) is 12.4 Å². The molecule has 1 heterocycles. The van der Waals surface area contributed by atoms with Crippen LogP contribution in [0.5, 0.6) is 0 Å². The van der Waals surface area contributed by atoms with Crippen molar-refractivity contribution in [2.24, 2.45) is 0 Å². The molecule has 1 unspecified atom stereocenters. The molecule has 2 rings (SSSR count). The summed E-state index contributed by atoms with van der Waals surface area (Å²) in [6.07, 6.45) is 3.40. The van der Waals surface area contributed by atoms with Gasteiger partial charge >= 0.3 is 0 Å². The normalized spacial score (nSPS) is 12.2. The molecule has 0 spiro atoms. The third-order valence-electron chi connectivity index (χ3n) is 2.83. The number of aryl methyl sites for hydroxylation is 2. The zero-order valence-corrected chi connectivity index (χ0v) is 11.5. The highest BCUT2D eigenvalue weighted by Crippen LogP contribution is 2.26. The molecule has 0 fully saturated rings. The Labute approximate surface area is 112 Å². The van der Waals surface area contributed by atoms with Crippen LogP contribution in [-0.2, 0) is 0 Å². The standard InChI is InChI=1S/C14H16ClN3/c1-9-4-5-13(12(15)8-9)18-11(3)14-10(2)16-6-7-17-14/h4-8,11,18H,1-3H3. The van der Waals surface area contributed by atoms with Crippen LogP contribution in [0.2, 0.25) is 5.02 Å². The molecule has 0 saturated carbocycles. The van der Waals surface area contributed by atoms with Crippen LogP contribution in [0.3, 0.4) is 0 Å². The number of hydrogen-bond donors (Lipinski definition) is 1. The molecule has 1 atom stereocenters. The summed E-state index contributed by atoms with van der Waals surface area (Å²) in [4.78, 5) is 8.60. The van der Waals surface area contributed by atoms with Gasteiger partial charge in [-0.15, -0.1) is 0 Å². The number of halogens is 1. The van der Waals surface area contributed by atoms with Gasteiger partial charge in [-0.3, -0.25) is 9.97 Å². The number of benzene rings is 1. The quantitative estimate of drug-likeness (QED) is 0.910. The van der Waals surface area contributed by atoms with Crippen molar-refractivity contribution < 1.29 is 0 Å². The van der Waals surface area contributed by atoms with Crippen molar-refractivity contribution in [3.63, 3.8) is 0 Å². The minimum Gasteiger partial charge on any atom is -0.376 e. The lowest BCUT2D eigenvalue weighted by molar-refractivity contribution is 0.810. The van der Waals surface area contributed by atoms with Crippen molar-refractivity contribution >= 4 is 17.3 Å². The van der Waals surface area contributed by atoms with Crippen molar-refractivity contribution in [1.82, 2.24) is 9.97 Å². The minimum atomic E-state index is 0.0684. The van der Waals surface area contributed by atoms with Crippen LogP contribution in [0.1, 0.15) is 29.9 Å². The van der Waals surface area contributed by atoms with Crippen molar-refractivity contribution in [3.8, 4) is 0 Å². The molecule has 94 valence electrons. The second-order valence-electron chi connectivity index (χ2n) is 4.38. The number of nitrogens with one attached hydrogen (secondary N) is 1. The van der Waals surface area contributed by atoms with Crippen molar-refractivity contribution in [2.75, 3.05) is 5.32 Å². The molecule has 18 heavy (non-hydrogen) atoms. The Hall–Kier alpha value is -1.61. The van der Waals surface area contributed by atoms with E-state index in [0.29, 0.717) is 0 Å². The number of aromatic nitrogens is 2. The summed E-state index contributed by atoms with van der Waals surface area (Å²) >= 11 is 6.20. The van der Waals surface area contributed by atoms with Crippen LogP contribution in [-0.4, -0.2) is 9.97 Å². The van der Waals surface area contributed by atoms with Crippen LogP contribution < -0.4 is 5.32 Å². The fourth-order valence-electron chi connectivity index (χ4n) is 1.88. The lowest BCUT2D eigenvalue weighted by atomic mass is 10.1. The molecule has 0 bridgehead atoms. The summed E-state index contributed by atoms with van der Waals surface area (Å²) in [6, 6.07) is 6.03. The highest BCUT2D eigenvalue weighted by Gasteiger charge is 2.11. The highest BCUT2D eigenvalue weighted by atomic mass is 35.5. The summed E-state index contributed by atoms with van der Waals surface area (Å²) in [5.74, 6) is 0. The van der Waals surface area contributed by atoms with Crippen LogP contribution in [0.15, 0.2) is 30.6 Å².